The number of carbonyl (C=O) groups excluding carboxylic acids is 1. The van der Waals surface area contributed by atoms with Crippen molar-refractivity contribution in [3.63, 3.8) is 0 Å². The number of fused-ring (bicyclic) bond motifs is 2. The fourth-order valence-corrected chi connectivity index (χ4v) is 4.94. The number of carbonyl (C=O) groups is 1. The van der Waals surface area contributed by atoms with Crippen molar-refractivity contribution in [2.45, 2.75) is 26.4 Å². The first-order valence-corrected chi connectivity index (χ1v) is 13.0. The zero-order valence-corrected chi connectivity index (χ0v) is 21.8. The van der Waals surface area contributed by atoms with Gasteiger partial charge in [0.05, 0.1) is 17.6 Å². The number of hydrogen-bond donors (Lipinski definition) is 2. The zero-order valence-electron chi connectivity index (χ0n) is 21.8. The third-order valence-corrected chi connectivity index (χ3v) is 7.04. The number of anilines is 1. The molecule has 5 aromatic rings. The lowest BCUT2D eigenvalue weighted by molar-refractivity contribution is 0.0664. The number of hydrogen-bond acceptors (Lipinski definition) is 7. The van der Waals surface area contributed by atoms with Crippen LogP contribution < -0.4 is 5.32 Å². The molecule has 10 heteroatoms. The maximum Gasteiger partial charge on any atom is 0.253 e. The van der Waals surface area contributed by atoms with Crippen LogP contribution in [0.25, 0.3) is 33.6 Å². The Morgan fingerprint density at radius 3 is 2.50 bits per heavy atom. The van der Waals surface area contributed by atoms with Gasteiger partial charge in [-0.25, -0.2) is 19.9 Å². The lowest BCUT2D eigenvalue weighted by Gasteiger charge is -2.32. The third kappa shape index (κ3) is 4.47. The van der Waals surface area contributed by atoms with E-state index < -0.39 is 0 Å². The molecular formula is C28H31N9O. The Morgan fingerprint density at radius 2 is 1.76 bits per heavy atom. The molecule has 0 bridgehead atoms. The van der Waals surface area contributed by atoms with E-state index >= 15 is 0 Å². The molecule has 0 aliphatic carbocycles. The highest BCUT2D eigenvalue weighted by atomic mass is 16.2. The number of aromatic nitrogens is 6. The maximum atomic E-state index is 13.0. The van der Waals surface area contributed by atoms with Crippen LogP contribution >= 0.6 is 0 Å². The van der Waals surface area contributed by atoms with Gasteiger partial charge in [-0.05, 0) is 45.2 Å². The van der Waals surface area contributed by atoms with E-state index in [9.17, 15) is 4.79 Å². The number of H-pyrrole nitrogens is 1. The molecule has 0 atom stereocenters. The molecule has 38 heavy (non-hydrogen) atoms. The molecular weight excluding hydrogens is 478 g/mol. The smallest absolute Gasteiger partial charge is 0.253 e. The molecule has 1 aliphatic rings. The Morgan fingerprint density at radius 1 is 1.00 bits per heavy atom. The van der Waals surface area contributed by atoms with Crippen molar-refractivity contribution in [3.05, 3.63) is 66.2 Å². The summed E-state index contributed by atoms with van der Waals surface area (Å²) in [6.45, 7) is 8.00. The molecule has 2 N–H and O–H groups in total. The number of piperazine rings is 1. The fraction of sp³-hybridized carbons (Fsp3) is 0.321. The highest BCUT2D eigenvalue weighted by Gasteiger charge is 2.22. The average molecular weight is 510 g/mol. The van der Waals surface area contributed by atoms with Gasteiger partial charge in [0, 0.05) is 43.3 Å². The molecule has 2 aromatic carbocycles. The first-order chi connectivity index (χ1) is 18.5. The topological polar surface area (TPSA) is 108 Å². The van der Waals surface area contributed by atoms with Crippen molar-refractivity contribution < 1.29 is 4.79 Å². The van der Waals surface area contributed by atoms with E-state index in [4.69, 9.17) is 4.98 Å². The summed E-state index contributed by atoms with van der Waals surface area (Å²) >= 11 is 0. The fourth-order valence-electron chi connectivity index (χ4n) is 4.94. The van der Waals surface area contributed by atoms with Crippen molar-refractivity contribution in [1.82, 2.24) is 39.3 Å². The first kappa shape index (κ1) is 24.1. The second-order valence-electron chi connectivity index (χ2n) is 10.0. The van der Waals surface area contributed by atoms with Gasteiger partial charge < -0.3 is 24.7 Å². The zero-order chi connectivity index (χ0) is 26.2. The Bertz CT molecular complexity index is 1560. The van der Waals surface area contributed by atoms with Crippen LogP contribution in [0.15, 0.2) is 54.9 Å². The van der Waals surface area contributed by atoms with Gasteiger partial charge in [-0.2, -0.15) is 0 Å². The normalized spacial score (nSPS) is 14.6. The molecule has 6 rings (SSSR count). The van der Waals surface area contributed by atoms with E-state index in [-0.39, 0.29) is 11.9 Å². The van der Waals surface area contributed by atoms with Crippen LogP contribution in [0.4, 0.5) is 5.82 Å². The number of aromatic amines is 1. The number of likely N-dealkylation sites (N-methyl/N-ethyl adjacent to an activating group) is 1. The van der Waals surface area contributed by atoms with E-state index in [1.54, 1.807) is 6.33 Å². The van der Waals surface area contributed by atoms with E-state index in [2.05, 4.69) is 55.6 Å². The molecule has 4 heterocycles. The lowest BCUT2D eigenvalue weighted by atomic mass is 10.1. The molecule has 3 aromatic heterocycles. The second kappa shape index (κ2) is 9.86. The summed E-state index contributed by atoms with van der Waals surface area (Å²) in [5.74, 6) is 2.34. The molecule has 0 unspecified atom stereocenters. The van der Waals surface area contributed by atoms with Crippen LogP contribution in [0, 0.1) is 0 Å². The van der Waals surface area contributed by atoms with Crippen LogP contribution in [0.5, 0.6) is 0 Å². The molecule has 1 aliphatic heterocycles. The van der Waals surface area contributed by atoms with Gasteiger partial charge in [0.15, 0.2) is 17.0 Å². The number of imidazole rings is 2. The van der Waals surface area contributed by atoms with Crippen molar-refractivity contribution in [3.8, 4) is 11.4 Å². The number of para-hydroxylation sites is 2. The third-order valence-electron chi connectivity index (χ3n) is 7.04. The summed E-state index contributed by atoms with van der Waals surface area (Å²) in [6, 6.07) is 15.8. The van der Waals surface area contributed by atoms with Crippen molar-refractivity contribution in [1.29, 1.82) is 0 Å². The second-order valence-corrected chi connectivity index (χ2v) is 10.0. The highest BCUT2D eigenvalue weighted by molar-refractivity contribution is 5.95. The van der Waals surface area contributed by atoms with Gasteiger partial charge >= 0.3 is 0 Å². The summed E-state index contributed by atoms with van der Waals surface area (Å²) in [5, 5.41) is 3.39. The van der Waals surface area contributed by atoms with Crippen LogP contribution in [-0.2, 0) is 6.54 Å². The van der Waals surface area contributed by atoms with E-state index in [1.807, 2.05) is 53.4 Å². The SMILES string of the molecule is CC(C)n1c(-c2ccc(C(=O)N3CCN(C)CC3)cc2)nc2c(NCc3nc4ccccc4[nH]3)ncnc21. The predicted molar refractivity (Wildman–Crippen MR) is 148 cm³/mol. The van der Waals surface area contributed by atoms with Gasteiger partial charge in [-0.15, -0.1) is 0 Å². The number of benzene rings is 2. The highest BCUT2D eigenvalue weighted by Crippen LogP contribution is 2.30. The molecule has 0 spiro atoms. The quantitative estimate of drug-likeness (QED) is 0.357. The number of rotatable bonds is 6. The number of nitrogens with one attached hydrogen (secondary N) is 2. The van der Waals surface area contributed by atoms with Gasteiger partial charge in [0.1, 0.15) is 18.0 Å². The Labute approximate surface area is 220 Å². The van der Waals surface area contributed by atoms with Crippen molar-refractivity contribution in [2.75, 3.05) is 38.5 Å². The Balaban J connectivity index is 1.28. The minimum Gasteiger partial charge on any atom is -0.361 e. The van der Waals surface area contributed by atoms with Gasteiger partial charge in [-0.3, -0.25) is 4.79 Å². The van der Waals surface area contributed by atoms with E-state index in [0.29, 0.717) is 23.4 Å². The molecule has 1 saturated heterocycles. The Hall–Kier alpha value is -4.31. The first-order valence-electron chi connectivity index (χ1n) is 13.0. The standard InChI is InChI=1S/C28H31N9O/c1-18(2)37-26(19-8-10-20(11-9-19)28(38)36-14-12-35(3)13-15-36)34-24-25(30-17-31-27(24)37)29-16-23-32-21-6-4-5-7-22(21)33-23/h4-11,17-18H,12-16H2,1-3H3,(H,32,33)(H,29,30,31). The Kier molecular flexibility index (Phi) is 6.24. The summed E-state index contributed by atoms with van der Waals surface area (Å²) in [5.41, 5.74) is 5.00. The van der Waals surface area contributed by atoms with Gasteiger partial charge in [0.2, 0.25) is 0 Å². The van der Waals surface area contributed by atoms with Gasteiger partial charge in [-0.1, -0.05) is 24.3 Å². The van der Waals surface area contributed by atoms with Crippen LogP contribution in [0.2, 0.25) is 0 Å². The molecule has 0 radical (unpaired) electrons. The number of nitrogens with zero attached hydrogens (tertiary/aromatic N) is 7. The molecule has 1 amide bonds. The summed E-state index contributed by atoms with van der Waals surface area (Å²) < 4.78 is 2.11. The predicted octanol–water partition coefficient (Wildman–Crippen LogP) is 3.95. The van der Waals surface area contributed by atoms with Crippen molar-refractivity contribution >= 4 is 33.9 Å². The van der Waals surface area contributed by atoms with Gasteiger partial charge in [0.25, 0.3) is 5.91 Å². The van der Waals surface area contributed by atoms with E-state index in [1.165, 1.54) is 0 Å². The average Bonchev–Trinajstić information content (AvgIpc) is 3.54. The minimum absolute atomic E-state index is 0.0740. The lowest BCUT2D eigenvalue weighted by Crippen LogP contribution is -2.47. The minimum atomic E-state index is 0.0740. The van der Waals surface area contributed by atoms with Crippen LogP contribution in [0.1, 0.15) is 36.1 Å². The monoisotopic (exact) mass is 509 g/mol. The maximum absolute atomic E-state index is 13.0. The largest absolute Gasteiger partial charge is 0.361 e. The molecule has 1 fully saturated rings. The molecule has 10 nitrogen and oxygen atoms in total. The molecule has 0 saturated carbocycles. The van der Waals surface area contributed by atoms with E-state index in [0.717, 1.165) is 60.1 Å². The molecule has 194 valence electrons. The van der Waals surface area contributed by atoms with Crippen LogP contribution in [0.3, 0.4) is 0 Å². The summed E-state index contributed by atoms with van der Waals surface area (Å²) in [7, 11) is 2.08. The van der Waals surface area contributed by atoms with Crippen molar-refractivity contribution in [2.24, 2.45) is 0 Å². The summed E-state index contributed by atoms with van der Waals surface area (Å²) in [4.78, 5) is 39.2. The van der Waals surface area contributed by atoms with Crippen LogP contribution in [-0.4, -0.2) is 78.4 Å². The number of amides is 1. The summed E-state index contributed by atoms with van der Waals surface area (Å²) in [6.07, 6.45) is 1.56.